The highest BCUT2D eigenvalue weighted by Crippen LogP contribution is 2.46. The van der Waals surface area contributed by atoms with E-state index in [0.717, 1.165) is 44.8 Å². The molecule has 262 valence electrons. The minimum Gasteiger partial charge on any atom is -0.228 e. The third-order valence-corrected chi connectivity index (χ3v) is 13.2. The van der Waals surface area contributed by atoms with Gasteiger partial charge in [-0.25, -0.2) is 9.97 Å². The van der Waals surface area contributed by atoms with E-state index in [-0.39, 0.29) is 0 Å². The van der Waals surface area contributed by atoms with Gasteiger partial charge in [0.1, 0.15) is 0 Å². The maximum absolute atomic E-state index is 5.54. The lowest BCUT2D eigenvalue weighted by Crippen LogP contribution is -1.99. The van der Waals surface area contributed by atoms with Gasteiger partial charge in [0, 0.05) is 62.6 Å². The Bertz CT molecular complexity index is 3120. The van der Waals surface area contributed by atoms with Gasteiger partial charge in [-0.1, -0.05) is 176 Å². The van der Waals surface area contributed by atoms with Crippen LogP contribution in [0.3, 0.4) is 0 Å². The topological polar surface area (TPSA) is 25.8 Å². The van der Waals surface area contributed by atoms with E-state index in [4.69, 9.17) is 9.97 Å². The normalized spacial score (nSPS) is 11.6. The Labute approximate surface area is 332 Å². The zero-order valence-electron chi connectivity index (χ0n) is 30.2. The maximum atomic E-state index is 5.54. The van der Waals surface area contributed by atoms with Crippen molar-refractivity contribution in [2.45, 2.75) is 0 Å². The summed E-state index contributed by atoms with van der Waals surface area (Å²) < 4.78 is 5.02. The molecule has 8 aromatic carbocycles. The van der Waals surface area contributed by atoms with Gasteiger partial charge in [0.2, 0.25) is 0 Å². The molecule has 0 unspecified atom stereocenters. The first-order chi connectivity index (χ1) is 27.8. The van der Waals surface area contributed by atoms with Crippen molar-refractivity contribution in [3.05, 3.63) is 194 Å². The average molecular weight is 749 g/mol. The second-order valence-corrected chi connectivity index (χ2v) is 16.1. The summed E-state index contributed by atoms with van der Waals surface area (Å²) in [6, 6.07) is 69.5. The fraction of sp³-hybridized carbons (Fsp3) is 0. The Morgan fingerprint density at radius 1 is 0.304 bits per heavy atom. The molecule has 4 heteroatoms. The summed E-state index contributed by atoms with van der Waals surface area (Å²) >= 11 is 3.67. The molecule has 0 fully saturated rings. The summed E-state index contributed by atoms with van der Waals surface area (Å²) in [4.78, 5) is 11.1. The second kappa shape index (κ2) is 13.5. The Kier molecular flexibility index (Phi) is 7.90. The first kappa shape index (κ1) is 32.7. The molecule has 0 bridgehead atoms. The summed E-state index contributed by atoms with van der Waals surface area (Å²) in [5, 5.41) is 5.05. The highest BCUT2D eigenvalue weighted by Gasteiger charge is 2.22. The van der Waals surface area contributed by atoms with E-state index >= 15 is 0 Å². The Morgan fingerprint density at radius 2 is 0.732 bits per heavy atom. The predicted molar refractivity (Wildman–Crippen MR) is 240 cm³/mol. The fourth-order valence-corrected chi connectivity index (χ4v) is 10.7. The molecule has 0 saturated carbocycles. The molecule has 11 aromatic rings. The van der Waals surface area contributed by atoms with E-state index in [0.29, 0.717) is 5.82 Å². The number of aromatic nitrogens is 2. The average Bonchev–Trinajstić information content (AvgIpc) is 3.85. The largest absolute Gasteiger partial charge is 0.228 e. The molecule has 0 aliphatic rings. The summed E-state index contributed by atoms with van der Waals surface area (Å²) in [5.41, 5.74) is 12.0. The summed E-state index contributed by atoms with van der Waals surface area (Å²) in [6.45, 7) is 0. The first-order valence-electron chi connectivity index (χ1n) is 18.8. The van der Waals surface area contributed by atoms with Gasteiger partial charge >= 0.3 is 0 Å². The Morgan fingerprint density at radius 3 is 1.34 bits per heavy atom. The minimum absolute atomic E-state index is 0.701. The SMILES string of the molecule is c1ccc(-c2ccccc2-c2cccc(-c3nc(-c4cccc5c4sc4ccccc45)cc(-c4cccc5c4sc4ccccc45)n3)c2-c2ccccc2)cc1. The summed E-state index contributed by atoms with van der Waals surface area (Å²) in [5.74, 6) is 0.701. The van der Waals surface area contributed by atoms with Crippen LogP contribution in [0.25, 0.3) is 108 Å². The highest BCUT2D eigenvalue weighted by molar-refractivity contribution is 7.26. The molecular weight excluding hydrogens is 717 g/mol. The molecule has 3 heterocycles. The monoisotopic (exact) mass is 748 g/mol. The van der Waals surface area contributed by atoms with Crippen LogP contribution in [0.5, 0.6) is 0 Å². The van der Waals surface area contributed by atoms with E-state index in [1.807, 2.05) is 22.7 Å². The van der Waals surface area contributed by atoms with Gasteiger partial charge in [-0.15, -0.1) is 22.7 Å². The van der Waals surface area contributed by atoms with Gasteiger partial charge in [-0.2, -0.15) is 0 Å². The van der Waals surface area contributed by atoms with Crippen molar-refractivity contribution in [1.29, 1.82) is 0 Å². The van der Waals surface area contributed by atoms with E-state index in [1.165, 1.54) is 57.0 Å². The molecule has 0 radical (unpaired) electrons. The Balaban J connectivity index is 1.22. The summed E-state index contributed by atoms with van der Waals surface area (Å²) in [7, 11) is 0. The molecule has 0 amide bonds. The molecule has 11 rings (SSSR count). The number of rotatable bonds is 6. The standard InChI is InChI=1S/C52H32N2S2/c1-3-16-33(17-4-1)35-20-7-8-21-36(35)39-24-13-29-44(49(39)34-18-5-2-6-19-34)52-53-45(42-27-14-25-40-37-22-9-11-30-47(37)55-50(40)42)32-46(54-52)43-28-15-26-41-38-23-10-12-31-48(38)56-51(41)43/h1-32H. The number of benzene rings is 8. The van der Waals surface area contributed by atoms with Crippen LogP contribution in [0.15, 0.2) is 194 Å². The van der Waals surface area contributed by atoms with E-state index in [1.54, 1.807) is 0 Å². The van der Waals surface area contributed by atoms with Crippen LogP contribution in [0.4, 0.5) is 0 Å². The van der Waals surface area contributed by atoms with Crippen LogP contribution in [0, 0.1) is 0 Å². The van der Waals surface area contributed by atoms with Crippen LogP contribution in [-0.2, 0) is 0 Å². The van der Waals surface area contributed by atoms with Crippen molar-refractivity contribution < 1.29 is 0 Å². The summed E-state index contributed by atoms with van der Waals surface area (Å²) in [6.07, 6.45) is 0. The fourth-order valence-electron chi connectivity index (χ4n) is 8.21. The second-order valence-electron chi connectivity index (χ2n) is 14.0. The number of nitrogens with zero attached hydrogens (tertiary/aromatic N) is 2. The molecule has 56 heavy (non-hydrogen) atoms. The molecule has 0 N–H and O–H groups in total. The van der Waals surface area contributed by atoms with E-state index < -0.39 is 0 Å². The molecule has 2 nitrogen and oxygen atoms in total. The van der Waals surface area contributed by atoms with Crippen LogP contribution < -0.4 is 0 Å². The number of hydrogen-bond acceptors (Lipinski definition) is 4. The molecule has 3 aromatic heterocycles. The zero-order chi connectivity index (χ0) is 37.0. The smallest absolute Gasteiger partial charge is 0.161 e. The lowest BCUT2D eigenvalue weighted by atomic mass is 9.86. The minimum atomic E-state index is 0.701. The van der Waals surface area contributed by atoms with Crippen LogP contribution in [-0.4, -0.2) is 9.97 Å². The van der Waals surface area contributed by atoms with Crippen molar-refractivity contribution in [1.82, 2.24) is 9.97 Å². The Hall–Kier alpha value is -6.72. The van der Waals surface area contributed by atoms with Crippen LogP contribution in [0.2, 0.25) is 0 Å². The first-order valence-corrected chi connectivity index (χ1v) is 20.5. The third-order valence-electron chi connectivity index (χ3n) is 10.8. The lowest BCUT2D eigenvalue weighted by Gasteiger charge is -2.19. The molecule has 0 saturated heterocycles. The lowest BCUT2D eigenvalue weighted by molar-refractivity contribution is 1.19. The van der Waals surface area contributed by atoms with Crippen molar-refractivity contribution in [2.75, 3.05) is 0 Å². The number of hydrogen-bond donors (Lipinski definition) is 0. The number of fused-ring (bicyclic) bond motifs is 6. The van der Waals surface area contributed by atoms with Gasteiger partial charge in [-0.05, 0) is 46.0 Å². The molecule has 0 aliphatic carbocycles. The van der Waals surface area contributed by atoms with Gasteiger partial charge in [-0.3, -0.25) is 0 Å². The zero-order valence-corrected chi connectivity index (χ0v) is 31.8. The highest BCUT2D eigenvalue weighted by atomic mass is 32.1. The van der Waals surface area contributed by atoms with Crippen LogP contribution in [0.1, 0.15) is 0 Å². The predicted octanol–water partition coefficient (Wildman–Crippen LogP) is 15.2. The van der Waals surface area contributed by atoms with E-state index in [2.05, 4.69) is 194 Å². The van der Waals surface area contributed by atoms with E-state index in [9.17, 15) is 0 Å². The molecular formula is C52H32N2S2. The van der Waals surface area contributed by atoms with Crippen molar-refractivity contribution >= 4 is 63.0 Å². The quantitative estimate of drug-likeness (QED) is 0.169. The van der Waals surface area contributed by atoms with Gasteiger partial charge in [0.05, 0.1) is 11.4 Å². The van der Waals surface area contributed by atoms with Crippen LogP contribution >= 0.6 is 22.7 Å². The molecule has 0 aliphatic heterocycles. The van der Waals surface area contributed by atoms with Crippen molar-refractivity contribution in [3.63, 3.8) is 0 Å². The third kappa shape index (κ3) is 5.45. The maximum Gasteiger partial charge on any atom is 0.161 e. The van der Waals surface area contributed by atoms with Gasteiger partial charge < -0.3 is 0 Å². The van der Waals surface area contributed by atoms with Crippen molar-refractivity contribution in [3.8, 4) is 67.3 Å². The van der Waals surface area contributed by atoms with Gasteiger partial charge in [0.25, 0.3) is 0 Å². The van der Waals surface area contributed by atoms with Crippen molar-refractivity contribution in [2.24, 2.45) is 0 Å². The van der Waals surface area contributed by atoms with Gasteiger partial charge in [0.15, 0.2) is 5.82 Å². The molecule has 0 spiro atoms. The molecule has 0 atom stereocenters. The number of thiophene rings is 2.